The van der Waals surface area contributed by atoms with Gasteiger partial charge < -0.3 is 10.1 Å². The molecule has 0 aliphatic carbocycles. The van der Waals surface area contributed by atoms with Crippen molar-refractivity contribution in [3.05, 3.63) is 84.1 Å². The molecule has 0 saturated heterocycles. The average molecular weight is 332 g/mol. The normalized spacial score (nSPS) is 10.1. The molecule has 1 amide bonds. The zero-order chi connectivity index (χ0) is 17.6. The van der Waals surface area contributed by atoms with Crippen LogP contribution in [0.15, 0.2) is 72.9 Å². The van der Waals surface area contributed by atoms with Gasteiger partial charge in [0.05, 0.1) is 0 Å². The zero-order valence-electron chi connectivity index (χ0n) is 13.6. The predicted octanol–water partition coefficient (Wildman–Crippen LogP) is 4.33. The van der Waals surface area contributed by atoms with E-state index in [-0.39, 0.29) is 11.7 Å². The number of benzene rings is 2. The van der Waals surface area contributed by atoms with Gasteiger partial charge in [0.1, 0.15) is 5.75 Å². The van der Waals surface area contributed by atoms with Crippen molar-refractivity contribution >= 4 is 17.4 Å². The van der Waals surface area contributed by atoms with E-state index < -0.39 is 0 Å². The minimum Gasteiger partial charge on any atom is -0.439 e. The fourth-order valence-corrected chi connectivity index (χ4v) is 2.22. The van der Waals surface area contributed by atoms with E-state index >= 15 is 0 Å². The number of hydrogen-bond donors (Lipinski definition) is 1. The molecule has 1 aromatic heterocycles. The van der Waals surface area contributed by atoms with E-state index in [0.717, 1.165) is 0 Å². The van der Waals surface area contributed by atoms with Gasteiger partial charge >= 0.3 is 0 Å². The lowest BCUT2D eigenvalue weighted by atomic mass is 10.1. The Bertz CT molecular complexity index is 890. The summed E-state index contributed by atoms with van der Waals surface area (Å²) < 4.78 is 5.63. The number of Topliss-reactive ketones (excluding diaryl/α,β-unsaturated/α-hetero) is 1. The molecule has 0 saturated carbocycles. The van der Waals surface area contributed by atoms with Crippen LogP contribution in [0.2, 0.25) is 0 Å². The topological polar surface area (TPSA) is 68.3 Å². The second-order valence-electron chi connectivity index (χ2n) is 5.39. The predicted molar refractivity (Wildman–Crippen MR) is 95.2 cm³/mol. The monoisotopic (exact) mass is 332 g/mol. The quantitative estimate of drug-likeness (QED) is 0.706. The molecule has 124 valence electrons. The van der Waals surface area contributed by atoms with Gasteiger partial charge in [-0.15, -0.1) is 0 Å². The van der Waals surface area contributed by atoms with E-state index in [2.05, 4.69) is 10.3 Å². The van der Waals surface area contributed by atoms with Crippen LogP contribution in [0.5, 0.6) is 11.6 Å². The molecular formula is C20H16N2O3. The number of carbonyl (C=O) groups is 2. The van der Waals surface area contributed by atoms with E-state index in [0.29, 0.717) is 28.4 Å². The van der Waals surface area contributed by atoms with Gasteiger partial charge in [-0.3, -0.25) is 9.59 Å². The number of pyridine rings is 1. The Morgan fingerprint density at radius 2 is 1.72 bits per heavy atom. The lowest BCUT2D eigenvalue weighted by Crippen LogP contribution is -2.12. The van der Waals surface area contributed by atoms with Crippen molar-refractivity contribution in [2.75, 3.05) is 5.32 Å². The maximum Gasteiger partial charge on any atom is 0.255 e. The van der Waals surface area contributed by atoms with Gasteiger partial charge in [-0.2, -0.15) is 0 Å². The minimum absolute atomic E-state index is 0.0164. The van der Waals surface area contributed by atoms with Crippen LogP contribution >= 0.6 is 0 Å². The highest BCUT2D eigenvalue weighted by molar-refractivity contribution is 6.04. The number of aromatic nitrogens is 1. The molecule has 0 bridgehead atoms. The summed E-state index contributed by atoms with van der Waals surface area (Å²) in [6.45, 7) is 1.50. The summed E-state index contributed by atoms with van der Waals surface area (Å²) in [5.41, 5.74) is 1.68. The number of amides is 1. The molecule has 0 radical (unpaired) electrons. The number of anilines is 1. The Labute approximate surface area is 145 Å². The Hall–Kier alpha value is -3.47. The minimum atomic E-state index is -0.262. The first-order chi connectivity index (χ1) is 12.1. The van der Waals surface area contributed by atoms with Gasteiger partial charge in [0, 0.05) is 29.1 Å². The summed E-state index contributed by atoms with van der Waals surface area (Å²) in [6.07, 6.45) is 1.64. The van der Waals surface area contributed by atoms with E-state index in [1.54, 1.807) is 66.9 Å². The SMILES string of the molecule is CC(=O)c1ccc(NC(=O)c2cccc(Oc3ccccn3)c2)cc1. The standard InChI is InChI=1S/C20H16N2O3/c1-14(23)15-8-10-17(11-9-15)22-20(24)16-5-4-6-18(13-16)25-19-7-2-3-12-21-19/h2-13H,1H3,(H,22,24). The molecule has 0 aliphatic heterocycles. The number of nitrogens with one attached hydrogen (secondary N) is 1. The number of carbonyl (C=O) groups excluding carboxylic acids is 2. The van der Waals surface area contributed by atoms with Gasteiger partial charge in [-0.1, -0.05) is 12.1 Å². The van der Waals surface area contributed by atoms with E-state index in [1.807, 2.05) is 6.07 Å². The molecule has 1 heterocycles. The smallest absolute Gasteiger partial charge is 0.255 e. The lowest BCUT2D eigenvalue weighted by Gasteiger charge is -2.08. The van der Waals surface area contributed by atoms with E-state index in [9.17, 15) is 9.59 Å². The second-order valence-corrected chi connectivity index (χ2v) is 5.39. The Morgan fingerprint density at radius 3 is 2.40 bits per heavy atom. The van der Waals surface area contributed by atoms with Crippen molar-refractivity contribution in [1.29, 1.82) is 0 Å². The number of hydrogen-bond acceptors (Lipinski definition) is 4. The van der Waals surface area contributed by atoms with Crippen molar-refractivity contribution in [3.8, 4) is 11.6 Å². The molecular weight excluding hydrogens is 316 g/mol. The molecule has 0 atom stereocenters. The zero-order valence-corrected chi connectivity index (χ0v) is 13.6. The van der Waals surface area contributed by atoms with Crippen molar-refractivity contribution in [3.63, 3.8) is 0 Å². The van der Waals surface area contributed by atoms with Crippen LogP contribution in [-0.4, -0.2) is 16.7 Å². The molecule has 0 spiro atoms. The highest BCUT2D eigenvalue weighted by atomic mass is 16.5. The maximum absolute atomic E-state index is 12.4. The van der Waals surface area contributed by atoms with Gasteiger partial charge in [0.25, 0.3) is 5.91 Å². The molecule has 2 aromatic carbocycles. The largest absolute Gasteiger partial charge is 0.439 e. The first-order valence-corrected chi connectivity index (χ1v) is 7.73. The Kier molecular flexibility index (Phi) is 4.85. The third-order valence-electron chi connectivity index (χ3n) is 3.51. The van der Waals surface area contributed by atoms with Crippen molar-refractivity contribution in [1.82, 2.24) is 4.98 Å². The Balaban J connectivity index is 1.71. The van der Waals surface area contributed by atoms with Gasteiger partial charge in [0.2, 0.25) is 5.88 Å². The first-order valence-electron chi connectivity index (χ1n) is 7.73. The lowest BCUT2D eigenvalue weighted by molar-refractivity contribution is 0.101. The summed E-state index contributed by atoms with van der Waals surface area (Å²) in [5.74, 6) is 0.706. The molecule has 5 nitrogen and oxygen atoms in total. The summed E-state index contributed by atoms with van der Waals surface area (Å²) in [6, 6.07) is 19.0. The van der Waals surface area contributed by atoms with Crippen molar-refractivity contribution < 1.29 is 14.3 Å². The van der Waals surface area contributed by atoms with E-state index in [4.69, 9.17) is 4.74 Å². The van der Waals surface area contributed by atoms with Crippen LogP contribution in [0.3, 0.4) is 0 Å². The molecule has 3 rings (SSSR count). The highest BCUT2D eigenvalue weighted by Gasteiger charge is 2.08. The molecule has 5 heteroatoms. The first kappa shape index (κ1) is 16.4. The van der Waals surface area contributed by atoms with Gasteiger partial charge in [-0.05, 0) is 55.5 Å². The van der Waals surface area contributed by atoms with E-state index in [1.165, 1.54) is 6.92 Å². The summed E-state index contributed by atoms with van der Waals surface area (Å²) >= 11 is 0. The highest BCUT2D eigenvalue weighted by Crippen LogP contribution is 2.21. The molecule has 0 fully saturated rings. The molecule has 1 N–H and O–H groups in total. The summed E-state index contributed by atoms with van der Waals surface area (Å²) in [7, 11) is 0. The Morgan fingerprint density at radius 1 is 0.920 bits per heavy atom. The third kappa shape index (κ3) is 4.29. The maximum atomic E-state index is 12.4. The fourth-order valence-electron chi connectivity index (χ4n) is 2.22. The van der Waals surface area contributed by atoms with Crippen molar-refractivity contribution in [2.24, 2.45) is 0 Å². The number of ketones is 1. The number of ether oxygens (including phenoxy) is 1. The van der Waals surface area contributed by atoms with Crippen molar-refractivity contribution in [2.45, 2.75) is 6.92 Å². The van der Waals surface area contributed by atoms with Crippen LogP contribution in [0, 0.1) is 0 Å². The average Bonchev–Trinajstić information content (AvgIpc) is 2.63. The number of rotatable bonds is 5. The van der Waals surface area contributed by atoms with Crippen LogP contribution in [-0.2, 0) is 0 Å². The number of nitrogens with zero attached hydrogens (tertiary/aromatic N) is 1. The molecule has 0 aliphatic rings. The van der Waals surface area contributed by atoms with Crippen LogP contribution in [0.25, 0.3) is 0 Å². The third-order valence-corrected chi connectivity index (χ3v) is 3.51. The molecule has 3 aromatic rings. The van der Waals surface area contributed by atoms with Crippen LogP contribution in [0.4, 0.5) is 5.69 Å². The summed E-state index contributed by atoms with van der Waals surface area (Å²) in [5, 5.41) is 2.79. The molecule has 0 unspecified atom stereocenters. The molecule has 25 heavy (non-hydrogen) atoms. The van der Waals surface area contributed by atoms with Crippen LogP contribution < -0.4 is 10.1 Å². The summed E-state index contributed by atoms with van der Waals surface area (Å²) in [4.78, 5) is 27.8. The second kappa shape index (κ2) is 7.40. The fraction of sp³-hybridized carbons (Fsp3) is 0.0500. The van der Waals surface area contributed by atoms with Crippen LogP contribution in [0.1, 0.15) is 27.6 Å². The van der Waals surface area contributed by atoms with Gasteiger partial charge in [-0.25, -0.2) is 4.98 Å². The van der Waals surface area contributed by atoms with Gasteiger partial charge in [0.15, 0.2) is 5.78 Å².